The molecule has 0 aromatic heterocycles. The second kappa shape index (κ2) is 11.8. The molecule has 6 aromatic rings. The number of rotatable bonds is 8. The average molecular weight is 621 g/mol. The van der Waals surface area contributed by atoms with Crippen molar-refractivity contribution in [1.29, 1.82) is 0 Å². The molecule has 0 fully saturated rings. The van der Waals surface area contributed by atoms with Gasteiger partial charge in [0.05, 0.1) is 5.41 Å². The summed E-state index contributed by atoms with van der Waals surface area (Å²) >= 11 is 0. The lowest BCUT2D eigenvalue weighted by molar-refractivity contribution is 0.468. The molecule has 0 atom stereocenters. The maximum absolute atomic E-state index is 10.5. The maximum atomic E-state index is 10.5. The first-order chi connectivity index (χ1) is 22.7. The number of fused-ring (bicyclic) bond motifs is 3. The number of phenols is 4. The second-order valence-electron chi connectivity index (χ2n) is 12.3. The van der Waals surface area contributed by atoms with Crippen LogP contribution in [0.1, 0.15) is 44.5 Å². The zero-order chi connectivity index (χ0) is 32.7. The number of hydrogen-bond donors (Lipinski definition) is 6. The normalized spacial score (nSPS) is 12.7. The van der Waals surface area contributed by atoms with E-state index in [2.05, 4.69) is 47.0 Å². The molecule has 1 aliphatic rings. The van der Waals surface area contributed by atoms with Crippen LogP contribution in [-0.2, 0) is 18.5 Å². The fraction of sp³-hybridized carbons (Fsp3) is 0.122. The largest absolute Gasteiger partial charge is 0.508 e. The van der Waals surface area contributed by atoms with Gasteiger partial charge >= 0.3 is 0 Å². The quantitative estimate of drug-likeness (QED) is 0.102. The van der Waals surface area contributed by atoms with Gasteiger partial charge in [0.1, 0.15) is 23.0 Å². The molecule has 6 N–H and O–H groups in total. The number of benzene rings is 6. The molecule has 0 saturated heterocycles. The summed E-state index contributed by atoms with van der Waals surface area (Å²) in [6, 6.07) is 38.7. The number of aromatic hydroxyl groups is 4. The molecule has 234 valence electrons. The molecule has 0 radical (unpaired) electrons. The molecule has 47 heavy (non-hydrogen) atoms. The first-order valence-electron chi connectivity index (χ1n) is 15.7. The lowest BCUT2D eigenvalue weighted by Crippen LogP contribution is -2.28. The van der Waals surface area contributed by atoms with Gasteiger partial charge in [0, 0.05) is 35.6 Å². The van der Waals surface area contributed by atoms with Crippen molar-refractivity contribution in [3.8, 4) is 34.1 Å². The molecule has 0 unspecified atom stereocenters. The van der Waals surface area contributed by atoms with Gasteiger partial charge in [-0.2, -0.15) is 0 Å². The van der Waals surface area contributed by atoms with E-state index in [1.54, 1.807) is 36.4 Å². The summed E-state index contributed by atoms with van der Waals surface area (Å²) in [5.41, 5.74) is 10.8. The van der Waals surface area contributed by atoms with Crippen molar-refractivity contribution in [2.75, 3.05) is 10.6 Å². The standard InChI is InChI=1S/C41H36N2O4/c1-25-3-5-27(39(46)19-25)23-42-31-11-17-35-36-18-12-32(43-24-28-6-4-26(2)20-40(28)47)22-38(36)41(37(35)21-31,29-7-13-33(44)14-8-29)30-9-15-34(45)16-10-30/h3-22,42-47H,23-24H2,1-2H3. The molecular weight excluding hydrogens is 584 g/mol. The Bertz CT molecular complexity index is 1950. The minimum Gasteiger partial charge on any atom is -0.508 e. The first kappa shape index (κ1) is 29.8. The Morgan fingerprint density at radius 2 is 0.872 bits per heavy atom. The van der Waals surface area contributed by atoms with Crippen LogP contribution in [0.5, 0.6) is 23.0 Å². The molecule has 0 aliphatic heterocycles. The number of phenolic OH excluding ortho intramolecular Hbond substituents is 4. The van der Waals surface area contributed by atoms with Gasteiger partial charge in [-0.1, -0.05) is 60.7 Å². The van der Waals surface area contributed by atoms with E-state index in [-0.39, 0.29) is 23.0 Å². The number of anilines is 2. The van der Waals surface area contributed by atoms with Crippen LogP contribution in [0.25, 0.3) is 11.1 Å². The molecule has 0 saturated carbocycles. The summed E-state index contributed by atoms with van der Waals surface area (Å²) in [6.45, 7) is 4.80. The van der Waals surface area contributed by atoms with Crippen LogP contribution >= 0.6 is 0 Å². The van der Waals surface area contributed by atoms with Gasteiger partial charge in [0.25, 0.3) is 0 Å². The summed E-state index contributed by atoms with van der Waals surface area (Å²) < 4.78 is 0. The SMILES string of the molecule is Cc1ccc(CNc2ccc3c(c2)C(c2ccc(O)cc2)(c2ccc(O)cc2)c2cc(NCc4ccc(C)cc4O)ccc2-3)c(O)c1. The van der Waals surface area contributed by atoms with Crippen LogP contribution in [-0.4, -0.2) is 20.4 Å². The summed E-state index contributed by atoms with van der Waals surface area (Å²) in [5, 5.41) is 48.7. The third-order valence-electron chi connectivity index (χ3n) is 9.19. The van der Waals surface area contributed by atoms with Crippen LogP contribution in [0.3, 0.4) is 0 Å². The van der Waals surface area contributed by atoms with Gasteiger partial charge in [-0.25, -0.2) is 0 Å². The van der Waals surface area contributed by atoms with Gasteiger partial charge < -0.3 is 31.1 Å². The highest BCUT2D eigenvalue weighted by Crippen LogP contribution is 2.57. The predicted octanol–water partition coefficient (Wildman–Crippen LogP) is 8.71. The molecule has 0 spiro atoms. The van der Waals surface area contributed by atoms with Crippen molar-refractivity contribution in [2.24, 2.45) is 0 Å². The minimum absolute atomic E-state index is 0.176. The van der Waals surface area contributed by atoms with Crippen molar-refractivity contribution >= 4 is 11.4 Å². The summed E-state index contributed by atoms with van der Waals surface area (Å²) in [7, 11) is 0. The lowest BCUT2D eigenvalue weighted by atomic mass is 9.67. The maximum Gasteiger partial charge on any atom is 0.120 e. The third kappa shape index (κ3) is 5.38. The molecule has 7 rings (SSSR count). The van der Waals surface area contributed by atoms with Crippen LogP contribution < -0.4 is 10.6 Å². The third-order valence-corrected chi connectivity index (χ3v) is 9.19. The highest BCUT2D eigenvalue weighted by molar-refractivity contribution is 5.89. The lowest BCUT2D eigenvalue weighted by Gasteiger charge is -2.34. The number of aryl methyl sites for hydroxylation is 2. The Kier molecular flexibility index (Phi) is 7.49. The van der Waals surface area contributed by atoms with Crippen molar-refractivity contribution in [3.63, 3.8) is 0 Å². The first-order valence-corrected chi connectivity index (χ1v) is 15.7. The van der Waals surface area contributed by atoms with E-state index in [9.17, 15) is 20.4 Å². The van der Waals surface area contributed by atoms with Gasteiger partial charge in [0.15, 0.2) is 0 Å². The molecular formula is C41H36N2O4. The molecule has 6 heteroatoms. The Morgan fingerprint density at radius 3 is 1.26 bits per heavy atom. The summed E-state index contributed by atoms with van der Waals surface area (Å²) in [6.07, 6.45) is 0. The van der Waals surface area contributed by atoms with E-state index < -0.39 is 5.41 Å². The van der Waals surface area contributed by atoms with Crippen molar-refractivity contribution in [1.82, 2.24) is 0 Å². The van der Waals surface area contributed by atoms with E-state index in [0.717, 1.165) is 67.0 Å². The zero-order valence-corrected chi connectivity index (χ0v) is 26.3. The molecule has 6 aromatic carbocycles. The smallest absolute Gasteiger partial charge is 0.120 e. The highest BCUT2D eigenvalue weighted by Gasteiger charge is 2.46. The van der Waals surface area contributed by atoms with E-state index in [1.807, 2.05) is 62.4 Å². The molecule has 0 heterocycles. The summed E-state index contributed by atoms with van der Waals surface area (Å²) in [5.74, 6) is 0.865. The van der Waals surface area contributed by atoms with Crippen molar-refractivity contribution < 1.29 is 20.4 Å². The van der Waals surface area contributed by atoms with Gasteiger partial charge in [-0.05, 0) is 119 Å². The van der Waals surface area contributed by atoms with E-state index >= 15 is 0 Å². The Balaban J connectivity index is 1.38. The van der Waals surface area contributed by atoms with Crippen molar-refractivity contribution in [2.45, 2.75) is 32.4 Å². The van der Waals surface area contributed by atoms with Crippen LogP contribution in [0.15, 0.2) is 121 Å². The van der Waals surface area contributed by atoms with Gasteiger partial charge in [-0.15, -0.1) is 0 Å². The molecule has 1 aliphatic carbocycles. The van der Waals surface area contributed by atoms with E-state index in [0.29, 0.717) is 13.1 Å². The van der Waals surface area contributed by atoms with E-state index in [1.165, 1.54) is 0 Å². The number of hydrogen-bond acceptors (Lipinski definition) is 6. The Labute approximate surface area is 274 Å². The average Bonchev–Trinajstić information content (AvgIpc) is 3.34. The predicted molar refractivity (Wildman–Crippen MR) is 187 cm³/mol. The summed E-state index contributed by atoms with van der Waals surface area (Å²) in [4.78, 5) is 0. The Morgan fingerprint density at radius 1 is 0.468 bits per heavy atom. The van der Waals surface area contributed by atoms with Crippen molar-refractivity contribution in [3.05, 3.63) is 166 Å². The van der Waals surface area contributed by atoms with Gasteiger partial charge in [0.2, 0.25) is 0 Å². The molecule has 6 nitrogen and oxygen atoms in total. The number of nitrogens with one attached hydrogen (secondary N) is 2. The molecule has 0 amide bonds. The second-order valence-corrected chi connectivity index (χ2v) is 12.3. The fourth-order valence-corrected chi connectivity index (χ4v) is 6.80. The van der Waals surface area contributed by atoms with Crippen LogP contribution in [0, 0.1) is 13.8 Å². The van der Waals surface area contributed by atoms with Gasteiger partial charge in [-0.3, -0.25) is 0 Å². The fourth-order valence-electron chi connectivity index (χ4n) is 6.80. The van der Waals surface area contributed by atoms with Crippen LogP contribution in [0.2, 0.25) is 0 Å². The molecule has 0 bridgehead atoms. The van der Waals surface area contributed by atoms with E-state index in [4.69, 9.17) is 0 Å². The zero-order valence-electron chi connectivity index (χ0n) is 26.3. The highest BCUT2D eigenvalue weighted by atomic mass is 16.3. The topological polar surface area (TPSA) is 105 Å². The monoisotopic (exact) mass is 620 g/mol. The Hall–Kier alpha value is -5.88. The minimum atomic E-state index is -0.792. The van der Waals surface area contributed by atoms with Crippen LogP contribution in [0.4, 0.5) is 11.4 Å².